The average molecular weight is 298 g/mol. The van der Waals surface area contributed by atoms with E-state index >= 15 is 0 Å². The van der Waals surface area contributed by atoms with Gasteiger partial charge in [-0.3, -0.25) is 4.79 Å². The van der Waals surface area contributed by atoms with E-state index in [0.29, 0.717) is 12.1 Å². The normalized spacial score (nSPS) is 16.9. The van der Waals surface area contributed by atoms with Crippen LogP contribution in [0.4, 0.5) is 4.39 Å². The smallest absolute Gasteiger partial charge is 0.251 e. The van der Waals surface area contributed by atoms with Crippen LogP contribution in [-0.2, 0) is 13.0 Å². The summed E-state index contributed by atoms with van der Waals surface area (Å²) in [5.41, 5.74) is 9.19. The van der Waals surface area contributed by atoms with Crippen LogP contribution < -0.4 is 11.1 Å². The van der Waals surface area contributed by atoms with E-state index < -0.39 is 0 Å². The molecule has 0 saturated carbocycles. The Hall–Kier alpha value is -2.20. The first-order valence-electron chi connectivity index (χ1n) is 7.55. The van der Waals surface area contributed by atoms with E-state index in [2.05, 4.69) is 5.32 Å². The Kier molecular flexibility index (Phi) is 4.20. The maximum atomic E-state index is 13.3. The van der Waals surface area contributed by atoms with E-state index in [1.165, 1.54) is 6.07 Å². The van der Waals surface area contributed by atoms with Crippen molar-refractivity contribution in [1.82, 2.24) is 5.32 Å². The highest BCUT2D eigenvalue weighted by atomic mass is 19.1. The zero-order chi connectivity index (χ0) is 15.5. The van der Waals surface area contributed by atoms with Crippen molar-refractivity contribution < 1.29 is 9.18 Å². The van der Waals surface area contributed by atoms with Gasteiger partial charge < -0.3 is 11.1 Å². The molecule has 22 heavy (non-hydrogen) atoms. The molecular weight excluding hydrogens is 279 g/mol. The van der Waals surface area contributed by atoms with Gasteiger partial charge in [0, 0.05) is 12.1 Å². The van der Waals surface area contributed by atoms with Gasteiger partial charge in [0.25, 0.3) is 5.91 Å². The highest BCUT2D eigenvalue weighted by molar-refractivity contribution is 5.94. The maximum Gasteiger partial charge on any atom is 0.251 e. The molecule has 114 valence electrons. The second-order valence-electron chi connectivity index (χ2n) is 5.66. The van der Waals surface area contributed by atoms with E-state index in [9.17, 15) is 9.18 Å². The lowest BCUT2D eigenvalue weighted by Crippen LogP contribution is -2.31. The predicted octanol–water partition coefficient (Wildman–Crippen LogP) is 3.09. The minimum absolute atomic E-state index is 0.0500. The second-order valence-corrected chi connectivity index (χ2v) is 5.66. The molecule has 1 unspecified atom stereocenters. The maximum absolute atomic E-state index is 13.3. The number of amides is 1. The van der Waals surface area contributed by atoms with E-state index in [1.54, 1.807) is 24.3 Å². The first kappa shape index (κ1) is 14.7. The zero-order valence-corrected chi connectivity index (χ0v) is 12.3. The fourth-order valence-electron chi connectivity index (χ4n) is 2.97. The topological polar surface area (TPSA) is 55.1 Å². The predicted molar refractivity (Wildman–Crippen MR) is 83.9 cm³/mol. The van der Waals surface area contributed by atoms with Crippen molar-refractivity contribution in [2.24, 2.45) is 5.73 Å². The summed E-state index contributed by atoms with van der Waals surface area (Å²) >= 11 is 0. The lowest BCUT2D eigenvalue weighted by atomic mass is 9.87. The first-order chi connectivity index (χ1) is 10.7. The molecule has 0 aliphatic heterocycles. The summed E-state index contributed by atoms with van der Waals surface area (Å²) in [4.78, 5) is 12.4. The summed E-state index contributed by atoms with van der Waals surface area (Å²) in [7, 11) is 0. The third kappa shape index (κ3) is 3.02. The van der Waals surface area contributed by atoms with Crippen LogP contribution >= 0.6 is 0 Å². The highest BCUT2D eigenvalue weighted by Gasteiger charge is 2.22. The fourth-order valence-corrected chi connectivity index (χ4v) is 2.97. The molecule has 0 fully saturated rings. The minimum atomic E-state index is -0.219. The molecule has 1 amide bonds. The molecule has 4 heteroatoms. The summed E-state index contributed by atoms with van der Waals surface area (Å²) in [6.45, 7) is 0.462. The molecule has 3 N–H and O–H groups in total. The second kappa shape index (κ2) is 6.28. The first-order valence-corrected chi connectivity index (χ1v) is 7.55. The Labute approximate surface area is 129 Å². The third-order valence-corrected chi connectivity index (χ3v) is 4.18. The number of nitrogens with one attached hydrogen (secondary N) is 1. The molecule has 0 bridgehead atoms. The number of hydrogen-bond donors (Lipinski definition) is 2. The highest BCUT2D eigenvalue weighted by Crippen LogP contribution is 2.30. The molecule has 0 spiro atoms. The van der Waals surface area contributed by atoms with Crippen molar-refractivity contribution in [3.05, 3.63) is 70.5 Å². The summed E-state index contributed by atoms with van der Waals surface area (Å²) in [6, 6.07) is 12.1. The lowest BCUT2D eigenvalue weighted by Gasteiger charge is -2.26. The number of benzene rings is 2. The molecule has 3 nitrogen and oxygen atoms in total. The van der Waals surface area contributed by atoms with Crippen LogP contribution in [0.1, 0.15) is 45.9 Å². The number of carbonyl (C=O) groups excluding carboxylic acids is 1. The lowest BCUT2D eigenvalue weighted by molar-refractivity contribution is 0.0932. The molecule has 0 aromatic heterocycles. The number of nitrogens with two attached hydrogens (primary N) is 1. The molecule has 1 aliphatic carbocycles. The van der Waals surface area contributed by atoms with Gasteiger partial charge in [-0.25, -0.2) is 4.39 Å². The SMILES string of the molecule is NCc1ccc(C(=O)NC2CCCc3cc(F)ccc32)cc1. The summed E-state index contributed by atoms with van der Waals surface area (Å²) in [5, 5.41) is 3.06. The van der Waals surface area contributed by atoms with Gasteiger partial charge in [-0.05, 0) is 60.2 Å². The standard InChI is InChI=1S/C18H19FN2O/c19-15-8-9-16-14(10-15)2-1-3-17(16)21-18(22)13-6-4-12(11-20)5-7-13/h4-10,17H,1-3,11,20H2,(H,21,22). The fraction of sp³-hybridized carbons (Fsp3) is 0.278. The van der Waals surface area contributed by atoms with Crippen LogP contribution in [0.2, 0.25) is 0 Å². The van der Waals surface area contributed by atoms with Gasteiger partial charge in [-0.1, -0.05) is 18.2 Å². The number of rotatable bonds is 3. The van der Waals surface area contributed by atoms with Gasteiger partial charge in [0.2, 0.25) is 0 Å². The Balaban J connectivity index is 1.77. The van der Waals surface area contributed by atoms with Crippen LogP contribution in [0, 0.1) is 5.82 Å². The van der Waals surface area contributed by atoms with Crippen molar-refractivity contribution in [3.8, 4) is 0 Å². The van der Waals surface area contributed by atoms with Gasteiger partial charge in [0.05, 0.1) is 6.04 Å². The number of carbonyl (C=O) groups is 1. The summed E-state index contributed by atoms with van der Waals surface area (Å²) in [6.07, 6.45) is 2.70. The monoisotopic (exact) mass is 298 g/mol. The van der Waals surface area contributed by atoms with Crippen LogP contribution in [0.15, 0.2) is 42.5 Å². The molecule has 0 saturated heterocycles. The van der Waals surface area contributed by atoms with E-state index in [1.807, 2.05) is 12.1 Å². The third-order valence-electron chi connectivity index (χ3n) is 4.18. The van der Waals surface area contributed by atoms with E-state index in [-0.39, 0.29) is 17.8 Å². The Morgan fingerprint density at radius 2 is 2.00 bits per heavy atom. The van der Waals surface area contributed by atoms with Crippen molar-refractivity contribution in [2.75, 3.05) is 0 Å². The molecule has 1 aliphatic rings. The van der Waals surface area contributed by atoms with Crippen LogP contribution in [0.5, 0.6) is 0 Å². The van der Waals surface area contributed by atoms with Crippen LogP contribution in [0.25, 0.3) is 0 Å². The van der Waals surface area contributed by atoms with E-state index in [4.69, 9.17) is 5.73 Å². The Morgan fingerprint density at radius 1 is 1.23 bits per heavy atom. The largest absolute Gasteiger partial charge is 0.345 e. The van der Waals surface area contributed by atoms with Crippen molar-refractivity contribution in [3.63, 3.8) is 0 Å². The number of fused-ring (bicyclic) bond motifs is 1. The minimum Gasteiger partial charge on any atom is -0.345 e. The summed E-state index contributed by atoms with van der Waals surface area (Å²) < 4.78 is 13.3. The molecule has 2 aromatic rings. The van der Waals surface area contributed by atoms with Crippen LogP contribution in [0.3, 0.4) is 0 Å². The molecular formula is C18H19FN2O. The van der Waals surface area contributed by atoms with Crippen molar-refractivity contribution >= 4 is 5.91 Å². The Bertz CT molecular complexity index is 682. The number of hydrogen-bond acceptors (Lipinski definition) is 2. The molecule has 2 aromatic carbocycles. The zero-order valence-electron chi connectivity index (χ0n) is 12.3. The van der Waals surface area contributed by atoms with Gasteiger partial charge in [-0.2, -0.15) is 0 Å². The summed E-state index contributed by atoms with van der Waals surface area (Å²) in [5.74, 6) is -0.325. The molecule has 0 heterocycles. The van der Waals surface area contributed by atoms with Crippen molar-refractivity contribution in [1.29, 1.82) is 0 Å². The van der Waals surface area contributed by atoms with E-state index in [0.717, 1.165) is 36.0 Å². The van der Waals surface area contributed by atoms with Crippen molar-refractivity contribution in [2.45, 2.75) is 31.8 Å². The van der Waals surface area contributed by atoms with Gasteiger partial charge in [0.15, 0.2) is 0 Å². The Morgan fingerprint density at radius 3 is 2.73 bits per heavy atom. The van der Waals surface area contributed by atoms with Gasteiger partial charge in [-0.15, -0.1) is 0 Å². The van der Waals surface area contributed by atoms with Gasteiger partial charge in [0.1, 0.15) is 5.82 Å². The average Bonchev–Trinajstić information content (AvgIpc) is 2.55. The number of halogens is 1. The van der Waals surface area contributed by atoms with Crippen LogP contribution in [-0.4, -0.2) is 5.91 Å². The molecule has 3 rings (SSSR count). The number of aryl methyl sites for hydroxylation is 1. The quantitative estimate of drug-likeness (QED) is 0.915. The molecule has 1 atom stereocenters. The molecule has 0 radical (unpaired) electrons. The van der Waals surface area contributed by atoms with Gasteiger partial charge >= 0.3 is 0 Å².